The molecule has 3 rings (SSSR count). The number of nitriles is 1. The third kappa shape index (κ3) is 3.64. The lowest BCUT2D eigenvalue weighted by atomic mass is 9.96. The summed E-state index contributed by atoms with van der Waals surface area (Å²) in [5.41, 5.74) is 2.47. The monoisotopic (exact) mass is 325 g/mol. The number of rotatable bonds is 4. The van der Waals surface area contributed by atoms with E-state index in [1.165, 1.54) is 5.56 Å². The van der Waals surface area contributed by atoms with Gasteiger partial charge in [-0.25, -0.2) is 4.79 Å². The van der Waals surface area contributed by atoms with Crippen LogP contribution in [0.1, 0.15) is 24.0 Å². The first-order chi connectivity index (χ1) is 11.1. The standard InChI is InChI=1S/C18H16ClN3O/c19-15-5-3-14(4-6-15)18(9-10-18)12-21-17(23)22-16-7-1-13(11-20)2-8-16/h1-8H,9-10,12H2,(H2,21,22,23). The van der Waals surface area contributed by atoms with Crippen LogP contribution in [0, 0.1) is 11.3 Å². The Morgan fingerprint density at radius 3 is 2.35 bits per heavy atom. The minimum Gasteiger partial charge on any atom is -0.337 e. The molecule has 116 valence electrons. The van der Waals surface area contributed by atoms with Gasteiger partial charge >= 0.3 is 6.03 Å². The van der Waals surface area contributed by atoms with E-state index in [-0.39, 0.29) is 11.4 Å². The summed E-state index contributed by atoms with van der Waals surface area (Å²) in [4.78, 5) is 12.0. The van der Waals surface area contributed by atoms with E-state index in [4.69, 9.17) is 16.9 Å². The number of anilines is 1. The lowest BCUT2D eigenvalue weighted by molar-refractivity contribution is 0.251. The molecule has 1 aliphatic rings. The summed E-state index contributed by atoms with van der Waals surface area (Å²) in [6.07, 6.45) is 2.12. The van der Waals surface area contributed by atoms with Gasteiger partial charge in [-0.05, 0) is 54.8 Å². The largest absolute Gasteiger partial charge is 0.337 e. The second-order valence-electron chi connectivity index (χ2n) is 5.78. The summed E-state index contributed by atoms with van der Waals surface area (Å²) < 4.78 is 0. The number of hydrogen-bond donors (Lipinski definition) is 2. The number of hydrogen-bond acceptors (Lipinski definition) is 2. The van der Waals surface area contributed by atoms with Gasteiger partial charge in [-0.2, -0.15) is 5.26 Å². The molecule has 0 atom stereocenters. The number of amides is 2. The van der Waals surface area contributed by atoms with E-state index in [9.17, 15) is 4.79 Å². The van der Waals surface area contributed by atoms with Crippen LogP contribution in [-0.4, -0.2) is 12.6 Å². The molecule has 0 saturated heterocycles. The molecule has 0 unspecified atom stereocenters. The first-order valence-corrected chi connectivity index (χ1v) is 7.80. The summed E-state index contributed by atoms with van der Waals surface area (Å²) in [6, 6.07) is 16.4. The minimum atomic E-state index is -0.241. The summed E-state index contributed by atoms with van der Waals surface area (Å²) in [5, 5.41) is 15.2. The number of carbonyl (C=O) groups excluding carboxylic acids is 1. The molecule has 0 spiro atoms. The van der Waals surface area contributed by atoms with Gasteiger partial charge in [-0.3, -0.25) is 0 Å². The second-order valence-corrected chi connectivity index (χ2v) is 6.22. The van der Waals surface area contributed by atoms with Crippen LogP contribution in [0.5, 0.6) is 0 Å². The maximum Gasteiger partial charge on any atom is 0.319 e. The van der Waals surface area contributed by atoms with Gasteiger partial charge in [0.05, 0.1) is 11.6 Å². The summed E-state index contributed by atoms with van der Waals surface area (Å²) in [5.74, 6) is 0. The van der Waals surface area contributed by atoms with Crippen molar-refractivity contribution in [3.05, 3.63) is 64.7 Å². The predicted molar refractivity (Wildman–Crippen MR) is 90.5 cm³/mol. The zero-order chi connectivity index (χ0) is 16.3. The number of halogens is 1. The van der Waals surface area contributed by atoms with Crippen LogP contribution in [0.2, 0.25) is 5.02 Å². The Balaban J connectivity index is 1.56. The quantitative estimate of drug-likeness (QED) is 0.890. The Hall–Kier alpha value is -2.51. The molecular formula is C18H16ClN3O. The molecule has 0 aliphatic heterocycles. The molecule has 1 fully saturated rings. The Morgan fingerprint density at radius 1 is 1.13 bits per heavy atom. The Morgan fingerprint density at radius 2 is 1.78 bits per heavy atom. The van der Waals surface area contributed by atoms with Crippen molar-refractivity contribution in [2.75, 3.05) is 11.9 Å². The highest BCUT2D eigenvalue weighted by Gasteiger charge is 2.44. The van der Waals surface area contributed by atoms with Crippen molar-refractivity contribution in [2.45, 2.75) is 18.3 Å². The first-order valence-electron chi connectivity index (χ1n) is 7.42. The Labute approximate surface area is 140 Å². The molecule has 0 heterocycles. The van der Waals surface area contributed by atoms with Gasteiger partial charge < -0.3 is 10.6 Å². The number of carbonyl (C=O) groups is 1. The zero-order valence-corrected chi connectivity index (χ0v) is 13.2. The topological polar surface area (TPSA) is 64.9 Å². The molecule has 0 radical (unpaired) electrons. The van der Waals surface area contributed by atoms with Gasteiger partial charge in [0.2, 0.25) is 0 Å². The van der Waals surface area contributed by atoms with Crippen molar-refractivity contribution < 1.29 is 4.79 Å². The van der Waals surface area contributed by atoms with E-state index in [0.717, 1.165) is 17.9 Å². The lowest BCUT2D eigenvalue weighted by Crippen LogP contribution is -2.35. The summed E-state index contributed by atoms with van der Waals surface area (Å²) in [6.45, 7) is 0.594. The van der Waals surface area contributed by atoms with Gasteiger partial charge in [-0.15, -0.1) is 0 Å². The second kappa shape index (κ2) is 6.31. The van der Waals surface area contributed by atoms with Crippen LogP contribution in [0.4, 0.5) is 10.5 Å². The SMILES string of the molecule is N#Cc1ccc(NC(=O)NCC2(c3ccc(Cl)cc3)CC2)cc1. The highest BCUT2D eigenvalue weighted by atomic mass is 35.5. The fourth-order valence-electron chi connectivity index (χ4n) is 2.57. The first kappa shape index (κ1) is 15.4. The van der Waals surface area contributed by atoms with Gasteiger partial charge in [-0.1, -0.05) is 23.7 Å². The van der Waals surface area contributed by atoms with Crippen molar-refractivity contribution >= 4 is 23.3 Å². The van der Waals surface area contributed by atoms with Crippen LogP contribution >= 0.6 is 11.6 Å². The zero-order valence-electron chi connectivity index (χ0n) is 12.5. The fraction of sp³-hybridized carbons (Fsp3) is 0.222. The van der Waals surface area contributed by atoms with Crippen LogP contribution in [0.25, 0.3) is 0 Å². The molecule has 2 amide bonds. The molecule has 4 nitrogen and oxygen atoms in total. The smallest absolute Gasteiger partial charge is 0.319 e. The van der Waals surface area contributed by atoms with E-state index < -0.39 is 0 Å². The van der Waals surface area contributed by atoms with Crippen molar-refractivity contribution in [1.29, 1.82) is 5.26 Å². The number of urea groups is 1. The Kier molecular flexibility index (Phi) is 4.22. The third-order valence-electron chi connectivity index (χ3n) is 4.17. The molecule has 1 aliphatic carbocycles. The van der Waals surface area contributed by atoms with E-state index in [2.05, 4.69) is 10.6 Å². The number of nitrogens with zero attached hydrogens (tertiary/aromatic N) is 1. The summed E-state index contributed by atoms with van der Waals surface area (Å²) in [7, 11) is 0. The molecule has 2 aromatic rings. The predicted octanol–water partition coefficient (Wildman–Crippen LogP) is 4.06. The highest BCUT2D eigenvalue weighted by Crippen LogP contribution is 2.47. The average Bonchev–Trinajstić information content (AvgIpc) is 3.35. The van der Waals surface area contributed by atoms with Gasteiger partial charge in [0, 0.05) is 22.7 Å². The van der Waals surface area contributed by atoms with Crippen LogP contribution in [0.15, 0.2) is 48.5 Å². The molecular weight excluding hydrogens is 310 g/mol. The van der Waals surface area contributed by atoms with Crippen molar-refractivity contribution in [2.24, 2.45) is 0 Å². The summed E-state index contributed by atoms with van der Waals surface area (Å²) >= 11 is 5.92. The van der Waals surface area contributed by atoms with Crippen molar-refractivity contribution in [3.63, 3.8) is 0 Å². The molecule has 0 aromatic heterocycles. The van der Waals surface area contributed by atoms with E-state index in [1.54, 1.807) is 24.3 Å². The van der Waals surface area contributed by atoms with E-state index in [0.29, 0.717) is 17.8 Å². The molecule has 23 heavy (non-hydrogen) atoms. The normalized spacial score (nSPS) is 14.6. The maximum absolute atomic E-state index is 12.0. The average molecular weight is 326 g/mol. The maximum atomic E-state index is 12.0. The highest BCUT2D eigenvalue weighted by molar-refractivity contribution is 6.30. The van der Waals surface area contributed by atoms with Crippen LogP contribution in [0.3, 0.4) is 0 Å². The fourth-order valence-corrected chi connectivity index (χ4v) is 2.70. The van der Waals surface area contributed by atoms with Crippen LogP contribution in [-0.2, 0) is 5.41 Å². The molecule has 5 heteroatoms. The molecule has 0 bridgehead atoms. The number of nitrogens with one attached hydrogen (secondary N) is 2. The lowest BCUT2D eigenvalue weighted by Gasteiger charge is -2.17. The van der Waals surface area contributed by atoms with Crippen molar-refractivity contribution in [1.82, 2.24) is 5.32 Å². The van der Waals surface area contributed by atoms with E-state index >= 15 is 0 Å². The van der Waals surface area contributed by atoms with E-state index in [1.807, 2.05) is 30.3 Å². The van der Waals surface area contributed by atoms with Gasteiger partial charge in [0.1, 0.15) is 0 Å². The molecule has 2 aromatic carbocycles. The van der Waals surface area contributed by atoms with Gasteiger partial charge in [0.25, 0.3) is 0 Å². The third-order valence-corrected chi connectivity index (χ3v) is 4.42. The minimum absolute atomic E-state index is 0.0343. The number of benzene rings is 2. The van der Waals surface area contributed by atoms with Crippen molar-refractivity contribution in [3.8, 4) is 6.07 Å². The van der Waals surface area contributed by atoms with Gasteiger partial charge in [0.15, 0.2) is 0 Å². The molecule has 2 N–H and O–H groups in total. The Bertz CT molecular complexity index is 743. The molecule has 1 saturated carbocycles. The van der Waals surface area contributed by atoms with Crippen LogP contribution < -0.4 is 10.6 Å².